The lowest BCUT2D eigenvalue weighted by Gasteiger charge is -2.15. The molecule has 0 unspecified atom stereocenters. The van der Waals surface area contributed by atoms with Crippen molar-refractivity contribution >= 4 is 17.5 Å². The van der Waals surface area contributed by atoms with Crippen molar-refractivity contribution in [3.05, 3.63) is 18.3 Å². The first kappa shape index (κ1) is 10.5. The number of nitrogen functional groups attached to an aromatic ring is 1. The highest BCUT2D eigenvalue weighted by Crippen LogP contribution is 2.45. The second kappa shape index (κ2) is 4.30. The largest absolute Gasteiger partial charge is 0.384 e. The van der Waals surface area contributed by atoms with Crippen LogP contribution in [0.1, 0.15) is 25.7 Å². The highest BCUT2D eigenvalue weighted by molar-refractivity contribution is 5.52. The number of fused-ring (bicyclic) bond motifs is 2. The van der Waals surface area contributed by atoms with Crippen LogP contribution in [0.2, 0.25) is 0 Å². The monoisotopic (exact) mass is 228 g/mol. The molecule has 1 heterocycles. The number of pyridine rings is 1. The molecule has 2 bridgehead atoms. The molecule has 3 atom stereocenters. The Balaban J connectivity index is 1.68. The normalized spacial score (nSPS) is 30.0. The summed E-state index contributed by atoms with van der Waals surface area (Å²) in [6, 6.07) is 6.83. The zero-order valence-corrected chi connectivity index (χ0v) is 9.71. The fourth-order valence-electron chi connectivity index (χ4n) is 2.99. The van der Waals surface area contributed by atoms with Crippen LogP contribution in [0.3, 0.4) is 0 Å². The van der Waals surface area contributed by atoms with E-state index in [9.17, 15) is 0 Å². The molecule has 0 saturated heterocycles. The Kier molecular flexibility index (Phi) is 2.65. The minimum Gasteiger partial charge on any atom is -0.384 e. The average Bonchev–Trinajstić information content (AvgIpc) is 2.94. The molecule has 3 rings (SSSR count). The first-order chi connectivity index (χ1) is 8.31. The van der Waals surface area contributed by atoms with Gasteiger partial charge in [-0.1, -0.05) is 6.42 Å². The van der Waals surface area contributed by atoms with Crippen molar-refractivity contribution < 1.29 is 0 Å². The Labute approximate surface area is 101 Å². The van der Waals surface area contributed by atoms with Crippen LogP contribution in [-0.4, -0.2) is 17.0 Å². The molecule has 0 aliphatic heterocycles. The van der Waals surface area contributed by atoms with Crippen molar-refractivity contribution in [3.8, 4) is 0 Å². The maximum atomic E-state index is 5.50. The third-order valence-corrected chi connectivity index (χ3v) is 3.87. The molecule has 0 aromatic carbocycles. The van der Waals surface area contributed by atoms with Crippen molar-refractivity contribution in [3.63, 3.8) is 0 Å². The number of hydrogen-bond acceptors (Lipinski definition) is 4. The smallest absolute Gasteiger partial charge is 0.123 e. The second-order valence-electron chi connectivity index (χ2n) is 5.02. The van der Waals surface area contributed by atoms with E-state index in [1.54, 1.807) is 12.3 Å². The first-order valence-corrected chi connectivity index (χ1v) is 6.18. The van der Waals surface area contributed by atoms with Crippen LogP contribution in [-0.2, 0) is 0 Å². The minimum absolute atomic E-state index is 0.458. The third-order valence-electron chi connectivity index (χ3n) is 3.87. The van der Waals surface area contributed by atoms with E-state index in [-0.39, 0.29) is 0 Å². The van der Waals surface area contributed by atoms with Crippen LogP contribution in [0.25, 0.3) is 0 Å². The van der Waals surface area contributed by atoms with Crippen LogP contribution in [0, 0.1) is 11.8 Å². The van der Waals surface area contributed by atoms with Crippen LogP contribution in [0.4, 0.5) is 11.5 Å². The predicted molar refractivity (Wildman–Crippen MR) is 67.4 cm³/mol. The van der Waals surface area contributed by atoms with E-state index in [1.807, 2.05) is 6.07 Å². The molecular formula is C13H16N4. The summed E-state index contributed by atoms with van der Waals surface area (Å²) in [6.07, 6.45) is 6.96. The Hall–Kier alpha value is -1.67. The standard InChI is InChI=1S/C13H16N4/c14-13-4-3-11(7-15-13)16-8-17-12-6-9-1-2-10(12)5-9/h3-4,7,9-10,12H,1-2,5-6H2,(H2,14,15)/t9-,10+,12+/m0/s1. The molecule has 2 saturated carbocycles. The zero-order chi connectivity index (χ0) is 11.7. The van der Waals surface area contributed by atoms with E-state index in [2.05, 4.69) is 21.0 Å². The van der Waals surface area contributed by atoms with Gasteiger partial charge in [0.2, 0.25) is 0 Å². The van der Waals surface area contributed by atoms with Gasteiger partial charge in [0, 0.05) is 0 Å². The summed E-state index contributed by atoms with van der Waals surface area (Å²) in [4.78, 5) is 12.6. The van der Waals surface area contributed by atoms with Gasteiger partial charge < -0.3 is 5.73 Å². The first-order valence-electron chi connectivity index (χ1n) is 6.18. The number of aliphatic imine (C=N–C) groups is 2. The highest BCUT2D eigenvalue weighted by atomic mass is 14.9. The van der Waals surface area contributed by atoms with Gasteiger partial charge >= 0.3 is 0 Å². The summed E-state index contributed by atoms with van der Waals surface area (Å²) in [7, 11) is 0. The van der Waals surface area contributed by atoms with Crippen LogP contribution >= 0.6 is 0 Å². The van der Waals surface area contributed by atoms with E-state index in [0.717, 1.165) is 17.5 Å². The molecule has 2 fully saturated rings. The van der Waals surface area contributed by atoms with E-state index >= 15 is 0 Å². The molecule has 17 heavy (non-hydrogen) atoms. The molecule has 4 nitrogen and oxygen atoms in total. The summed E-state index contributed by atoms with van der Waals surface area (Å²) in [5.41, 5.74) is 6.25. The van der Waals surface area contributed by atoms with Crippen LogP contribution in [0.15, 0.2) is 28.3 Å². The zero-order valence-electron chi connectivity index (χ0n) is 9.71. The van der Waals surface area contributed by atoms with Crippen LogP contribution in [0.5, 0.6) is 0 Å². The SMILES string of the molecule is Nc1ccc(N=C=N[C@@H]2C[C@H]3CC[C@@H]2C3)cn1. The predicted octanol–water partition coefficient (Wildman–Crippen LogP) is 2.66. The van der Waals surface area contributed by atoms with Gasteiger partial charge in [-0.05, 0) is 43.2 Å². The summed E-state index contributed by atoms with van der Waals surface area (Å²) in [5, 5.41) is 0. The summed E-state index contributed by atoms with van der Waals surface area (Å²) >= 11 is 0. The van der Waals surface area contributed by atoms with E-state index < -0.39 is 0 Å². The molecule has 1 aromatic rings. The van der Waals surface area contributed by atoms with Gasteiger partial charge in [0.15, 0.2) is 0 Å². The van der Waals surface area contributed by atoms with Gasteiger partial charge in [-0.15, -0.1) is 0 Å². The number of anilines is 1. The van der Waals surface area contributed by atoms with Gasteiger partial charge in [-0.25, -0.2) is 9.98 Å². The fourth-order valence-corrected chi connectivity index (χ4v) is 2.99. The summed E-state index contributed by atoms with van der Waals surface area (Å²) < 4.78 is 0. The lowest BCUT2D eigenvalue weighted by atomic mass is 9.96. The highest BCUT2D eigenvalue weighted by Gasteiger charge is 2.39. The van der Waals surface area contributed by atoms with Crippen molar-refractivity contribution in [2.45, 2.75) is 31.7 Å². The topological polar surface area (TPSA) is 63.6 Å². The molecule has 0 amide bonds. The molecule has 88 valence electrons. The summed E-state index contributed by atoms with van der Waals surface area (Å²) in [6.45, 7) is 0. The van der Waals surface area contributed by atoms with E-state index in [4.69, 9.17) is 5.73 Å². The number of nitrogens with two attached hydrogens (primary N) is 1. The van der Waals surface area contributed by atoms with Crippen molar-refractivity contribution in [2.24, 2.45) is 21.8 Å². The quantitative estimate of drug-likeness (QED) is 0.791. The Bertz CT molecular complexity index is 459. The molecule has 2 aliphatic rings. The van der Waals surface area contributed by atoms with Gasteiger partial charge in [0.05, 0.1) is 23.9 Å². The third kappa shape index (κ3) is 2.22. The second-order valence-corrected chi connectivity index (χ2v) is 5.02. The molecular weight excluding hydrogens is 212 g/mol. The number of rotatable bonds is 2. The Morgan fingerprint density at radius 2 is 2.24 bits per heavy atom. The summed E-state index contributed by atoms with van der Waals surface area (Å²) in [5.74, 6) is 2.20. The molecule has 2 N–H and O–H groups in total. The molecule has 0 radical (unpaired) electrons. The molecule has 2 aliphatic carbocycles. The number of nitrogens with zero attached hydrogens (tertiary/aromatic N) is 3. The van der Waals surface area contributed by atoms with Crippen molar-refractivity contribution in [2.75, 3.05) is 5.73 Å². The number of hydrogen-bond donors (Lipinski definition) is 1. The van der Waals surface area contributed by atoms with Crippen molar-refractivity contribution in [1.82, 2.24) is 4.98 Å². The Morgan fingerprint density at radius 3 is 2.88 bits per heavy atom. The Morgan fingerprint density at radius 1 is 1.29 bits per heavy atom. The van der Waals surface area contributed by atoms with E-state index in [0.29, 0.717) is 11.9 Å². The van der Waals surface area contributed by atoms with Gasteiger partial charge in [0.25, 0.3) is 0 Å². The van der Waals surface area contributed by atoms with Crippen molar-refractivity contribution in [1.29, 1.82) is 0 Å². The maximum Gasteiger partial charge on any atom is 0.123 e. The molecule has 1 aromatic heterocycles. The molecule has 0 spiro atoms. The van der Waals surface area contributed by atoms with Gasteiger partial charge in [0.1, 0.15) is 5.82 Å². The van der Waals surface area contributed by atoms with Crippen LogP contribution < -0.4 is 5.73 Å². The van der Waals surface area contributed by atoms with Gasteiger partial charge in [-0.3, -0.25) is 0 Å². The molecule has 4 heteroatoms. The fraction of sp³-hybridized carbons (Fsp3) is 0.538. The lowest BCUT2D eigenvalue weighted by Crippen LogP contribution is -2.13. The van der Waals surface area contributed by atoms with Gasteiger partial charge in [-0.2, -0.15) is 4.99 Å². The lowest BCUT2D eigenvalue weighted by molar-refractivity contribution is 0.421. The minimum atomic E-state index is 0.458. The number of aromatic nitrogens is 1. The average molecular weight is 228 g/mol. The van der Waals surface area contributed by atoms with E-state index in [1.165, 1.54) is 25.7 Å². The maximum absolute atomic E-state index is 5.50.